The summed E-state index contributed by atoms with van der Waals surface area (Å²) < 4.78 is 0. The van der Waals surface area contributed by atoms with Gasteiger partial charge in [-0.05, 0) is 130 Å². The van der Waals surface area contributed by atoms with Crippen LogP contribution < -0.4 is 10.6 Å². The zero-order chi connectivity index (χ0) is 31.8. The van der Waals surface area contributed by atoms with Crippen LogP contribution in [0.4, 0.5) is 5.69 Å². The monoisotopic (exact) mass is 610 g/mol. The van der Waals surface area contributed by atoms with E-state index in [0.717, 1.165) is 56.9 Å². The summed E-state index contributed by atoms with van der Waals surface area (Å²) in [5, 5.41) is 37.0. The lowest BCUT2D eigenvalue weighted by molar-refractivity contribution is -0.174. The number of nitrogens with one attached hydrogen (secondary N) is 2. The molecule has 0 spiro atoms. The van der Waals surface area contributed by atoms with Crippen LogP contribution >= 0.6 is 0 Å². The third-order valence-electron chi connectivity index (χ3n) is 12.9. The first-order valence-corrected chi connectivity index (χ1v) is 17.1. The Morgan fingerprint density at radius 3 is 2.25 bits per heavy atom. The molecule has 4 aliphatic carbocycles. The number of carbonyl (C=O) groups excluding carboxylic acids is 2. The highest BCUT2D eigenvalue weighted by atomic mass is 16.4. The molecular formula is C36H54N2O6. The van der Waals surface area contributed by atoms with Crippen molar-refractivity contribution in [1.29, 1.82) is 0 Å². The van der Waals surface area contributed by atoms with Crippen LogP contribution in [0.25, 0.3) is 0 Å². The van der Waals surface area contributed by atoms with Crippen LogP contribution in [0.2, 0.25) is 0 Å². The lowest BCUT2D eigenvalue weighted by Crippen LogP contribution is -2.58. The van der Waals surface area contributed by atoms with Gasteiger partial charge in [-0.1, -0.05) is 38.5 Å². The van der Waals surface area contributed by atoms with Gasteiger partial charge in [0.15, 0.2) is 0 Å². The van der Waals surface area contributed by atoms with Crippen LogP contribution in [0, 0.1) is 53.3 Å². The Morgan fingerprint density at radius 1 is 0.886 bits per heavy atom. The van der Waals surface area contributed by atoms with E-state index in [4.69, 9.17) is 0 Å². The molecule has 0 aromatic heterocycles. The van der Waals surface area contributed by atoms with Gasteiger partial charge in [0.1, 0.15) is 6.04 Å². The number of anilines is 1. The predicted molar refractivity (Wildman–Crippen MR) is 170 cm³/mol. The van der Waals surface area contributed by atoms with E-state index in [1.165, 1.54) is 0 Å². The maximum atomic E-state index is 12.9. The quantitative estimate of drug-likeness (QED) is 0.231. The van der Waals surface area contributed by atoms with Crippen LogP contribution in [0.1, 0.15) is 103 Å². The van der Waals surface area contributed by atoms with Gasteiger partial charge in [0, 0.05) is 18.5 Å². The second-order valence-corrected chi connectivity index (χ2v) is 15.4. The standard InChI is InChI=1S/C36H54N2O6/c1-21-5-8-24(9-6-21)37-31(41)14-12-29(34(43)44)38-32(42)13-7-22(2)26-10-11-27-33-28(16-18-36(26,27)4)35(3)17-15-25(39)19-23(35)20-30(33)40/h5-6,8-9,22-23,25-30,33,39-40H,7,10-20H2,1-4H3,(H,37,41)(H,38,42)(H,43,44)/t22-,23+,25-,26-,27+,28+,29+,30-,33+,35+,36-/m1/s1. The second kappa shape index (κ2) is 13.1. The summed E-state index contributed by atoms with van der Waals surface area (Å²) >= 11 is 0. The van der Waals surface area contributed by atoms with Crippen LogP contribution in [0.5, 0.6) is 0 Å². The first kappa shape index (κ1) is 32.9. The third-order valence-corrected chi connectivity index (χ3v) is 12.9. The number of hydrogen-bond donors (Lipinski definition) is 5. The van der Waals surface area contributed by atoms with Crippen molar-refractivity contribution in [3.05, 3.63) is 29.8 Å². The van der Waals surface area contributed by atoms with E-state index in [2.05, 4.69) is 31.4 Å². The van der Waals surface area contributed by atoms with Gasteiger partial charge >= 0.3 is 5.97 Å². The highest BCUT2D eigenvalue weighted by molar-refractivity contribution is 5.91. The summed E-state index contributed by atoms with van der Waals surface area (Å²) in [7, 11) is 0. The zero-order valence-corrected chi connectivity index (χ0v) is 27.1. The van der Waals surface area contributed by atoms with Crippen molar-refractivity contribution < 1.29 is 29.7 Å². The Balaban J connectivity index is 1.13. The van der Waals surface area contributed by atoms with Crippen molar-refractivity contribution in [2.75, 3.05) is 5.32 Å². The SMILES string of the molecule is Cc1ccc(NC(=O)CC[C@H](NC(=O)CC[C@@H](C)[C@H]2CC[C@H]3[C@@H]4[C@H](O)C[C@@H]5C[C@H](O)CC[C@]5(C)[C@H]4CC[C@]23C)C(=O)O)cc1. The number of hydrogen-bond acceptors (Lipinski definition) is 5. The van der Waals surface area contributed by atoms with Crippen molar-refractivity contribution in [2.24, 2.45) is 46.3 Å². The number of carboxylic acid groups (broad SMARTS) is 1. The summed E-state index contributed by atoms with van der Waals surface area (Å²) in [5.41, 5.74) is 2.07. The topological polar surface area (TPSA) is 136 Å². The van der Waals surface area contributed by atoms with E-state index in [0.29, 0.717) is 47.6 Å². The highest BCUT2D eigenvalue weighted by Crippen LogP contribution is 2.68. The first-order valence-electron chi connectivity index (χ1n) is 17.1. The van der Waals surface area contributed by atoms with E-state index >= 15 is 0 Å². The normalized spacial score (nSPS) is 37.5. The summed E-state index contributed by atoms with van der Waals surface area (Å²) in [5.74, 6) is 0.773. The van der Waals surface area contributed by atoms with E-state index in [1.54, 1.807) is 12.1 Å². The van der Waals surface area contributed by atoms with Crippen LogP contribution in [-0.4, -0.2) is 51.4 Å². The molecule has 44 heavy (non-hydrogen) atoms. The maximum absolute atomic E-state index is 12.9. The van der Waals surface area contributed by atoms with Crippen LogP contribution in [0.3, 0.4) is 0 Å². The van der Waals surface area contributed by atoms with Gasteiger partial charge in [-0.2, -0.15) is 0 Å². The largest absolute Gasteiger partial charge is 0.480 e. The van der Waals surface area contributed by atoms with Gasteiger partial charge in [0.2, 0.25) is 11.8 Å². The fourth-order valence-electron chi connectivity index (χ4n) is 10.4. The molecule has 5 N–H and O–H groups in total. The Labute approximate surface area is 262 Å². The maximum Gasteiger partial charge on any atom is 0.326 e. The Kier molecular flexibility index (Phi) is 9.81. The minimum Gasteiger partial charge on any atom is -0.480 e. The Bertz CT molecular complexity index is 1200. The molecule has 8 nitrogen and oxygen atoms in total. The van der Waals surface area contributed by atoms with Crippen molar-refractivity contribution in [3.63, 3.8) is 0 Å². The van der Waals surface area contributed by atoms with Gasteiger partial charge in [0.05, 0.1) is 12.2 Å². The third kappa shape index (κ3) is 6.57. The molecule has 2 amide bonds. The number of carboxylic acids is 1. The summed E-state index contributed by atoms with van der Waals surface area (Å²) in [4.78, 5) is 37.2. The summed E-state index contributed by atoms with van der Waals surface area (Å²) in [6.07, 6.45) is 8.48. The molecular weight excluding hydrogens is 556 g/mol. The van der Waals surface area contributed by atoms with Crippen LogP contribution in [0.15, 0.2) is 24.3 Å². The van der Waals surface area contributed by atoms with Crippen molar-refractivity contribution in [3.8, 4) is 0 Å². The number of aryl methyl sites for hydroxylation is 1. The lowest BCUT2D eigenvalue weighted by Gasteiger charge is -2.62. The fourth-order valence-corrected chi connectivity index (χ4v) is 10.4. The van der Waals surface area contributed by atoms with Gasteiger partial charge in [-0.15, -0.1) is 0 Å². The minimum absolute atomic E-state index is 0.00225. The number of carbonyl (C=O) groups is 3. The molecule has 0 radical (unpaired) electrons. The van der Waals surface area contributed by atoms with Crippen molar-refractivity contribution in [2.45, 2.75) is 123 Å². The molecule has 8 heteroatoms. The lowest BCUT2D eigenvalue weighted by atomic mass is 9.43. The second-order valence-electron chi connectivity index (χ2n) is 15.4. The number of rotatable bonds is 10. The molecule has 0 saturated heterocycles. The van der Waals surface area contributed by atoms with Gasteiger partial charge in [-0.25, -0.2) is 4.79 Å². The number of fused-ring (bicyclic) bond motifs is 5. The number of benzene rings is 1. The average molecular weight is 611 g/mol. The average Bonchev–Trinajstić information content (AvgIpc) is 3.33. The Hall–Kier alpha value is -2.45. The molecule has 4 fully saturated rings. The van der Waals surface area contributed by atoms with Gasteiger partial charge in [-0.3, -0.25) is 9.59 Å². The smallest absolute Gasteiger partial charge is 0.326 e. The Morgan fingerprint density at radius 2 is 1.55 bits per heavy atom. The fraction of sp³-hybridized carbons (Fsp3) is 0.750. The van der Waals surface area contributed by atoms with E-state index in [9.17, 15) is 29.7 Å². The first-order chi connectivity index (χ1) is 20.8. The molecule has 11 atom stereocenters. The predicted octanol–water partition coefficient (Wildman–Crippen LogP) is 5.69. The molecule has 0 bridgehead atoms. The molecule has 0 unspecified atom stereocenters. The van der Waals surface area contributed by atoms with E-state index in [-0.39, 0.29) is 54.1 Å². The summed E-state index contributed by atoms with van der Waals surface area (Å²) in [6, 6.07) is 6.29. The van der Waals surface area contributed by atoms with Crippen molar-refractivity contribution >= 4 is 23.5 Å². The van der Waals surface area contributed by atoms with Gasteiger partial charge < -0.3 is 26.0 Å². The number of aliphatic hydroxyl groups excluding tert-OH is 2. The van der Waals surface area contributed by atoms with Crippen molar-refractivity contribution in [1.82, 2.24) is 5.32 Å². The summed E-state index contributed by atoms with van der Waals surface area (Å²) in [6.45, 7) is 9.06. The molecule has 0 aliphatic heterocycles. The molecule has 0 heterocycles. The molecule has 4 aliphatic rings. The highest BCUT2D eigenvalue weighted by Gasteiger charge is 2.62. The van der Waals surface area contributed by atoms with Crippen LogP contribution in [-0.2, 0) is 14.4 Å². The zero-order valence-electron chi connectivity index (χ0n) is 27.1. The molecule has 244 valence electrons. The molecule has 5 rings (SSSR count). The van der Waals surface area contributed by atoms with E-state index < -0.39 is 12.0 Å². The molecule has 4 saturated carbocycles. The molecule has 1 aromatic carbocycles. The number of aliphatic carboxylic acids is 1. The molecule has 1 aromatic rings. The minimum atomic E-state index is -1.13. The number of aliphatic hydroxyl groups is 2. The van der Waals surface area contributed by atoms with E-state index in [1.807, 2.05) is 19.1 Å². The number of amides is 2. The van der Waals surface area contributed by atoms with Gasteiger partial charge in [0.25, 0.3) is 0 Å².